The Morgan fingerprint density at radius 3 is 2.64 bits per heavy atom. The average Bonchev–Trinajstić information content (AvgIpc) is 3.55. The van der Waals surface area contributed by atoms with Gasteiger partial charge in [0.05, 0.1) is 17.3 Å². The minimum atomic E-state index is 0.656. The smallest absolute Gasteiger partial charge is 0.161 e. The van der Waals surface area contributed by atoms with Crippen LogP contribution in [0.1, 0.15) is 4.88 Å². The molecular weight excluding hydrogens is 432 g/mol. The second-order valence-corrected chi connectivity index (χ2v) is 9.36. The highest BCUT2D eigenvalue weighted by atomic mass is 32.1. The fourth-order valence-corrected chi connectivity index (χ4v) is 4.77. The molecule has 9 heteroatoms. The highest BCUT2D eigenvalue weighted by Crippen LogP contribution is 2.34. The second kappa shape index (κ2) is 7.49. The predicted molar refractivity (Wildman–Crippen MR) is 132 cm³/mol. The molecule has 0 spiro atoms. The molecule has 2 N–H and O–H groups in total. The summed E-state index contributed by atoms with van der Waals surface area (Å²) in [6.07, 6.45) is 7.32. The quantitative estimate of drug-likeness (QED) is 0.388. The first-order valence-corrected chi connectivity index (χ1v) is 11.3. The molecule has 0 saturated carbocycles. The molecule has 0 aliphatic heterocycles. The van der Waals surface area contributed by atoms with E-state index in [2.05, 4.69) is 61.3 Å². The van der Waals surface area contributed by atoms with E-state index in [1.807, 2.05) is 49.8 Å². The topological polar surface area (TPSA) is 99.3 Å². The number of aromatic amines is 2. The maximum atomic E-state index is 4.89. The van der Waals surface area contributed by atoms with Crippen molar-refractivity contribution >= 4 is 39.2 Å². The van der Waals surface area contributed by atoms with E-state index < -0.39 is 0 Å². The number of nitrogens with zero attached hydrogens (tertiary/aromatic N) is 6. The second-order valence-electron chi connectivity index (χ2n) is 8.07. The van der Waals surface area contributed by atoms with E-state index in [0.717, 1.165) is 38.9 Å². The lowest BCUT2D eigenvalue weighted by atomic mass is 10.1. The number of nitrogens with one attached hydrogen (secondary N) is 2. The molecule has 6 rings (SSSR count). The molecule has 6 heterocycles. The summed E-state index contributed by atoms with van der Waals surface area (Å²) in [5.74, 6) is 0.656. The van der Waals surface area contributed by atoms with Crippen LogP contribution in [0.2, 0.25) is 0 Å². The number of anilines is 1. The maximum Gasteiger partial charge on any atom is 0.161 e. The highest BCUT2D eigenvalue weighted by molar-refractivity contribution is 7.15. The van der Waals surface area contributed by atoms with Crippen LogP contribution in [0.4, 0.5) is 5.69 Å². The molecule has 6 aromatic rings. The first kappa shape index (κ1) is 19.6. The van der Waals surface area contributed by atoms with Crippen molar-refractivity contribution in [2.24, 2.45) is 0 Å². The van der Waals surface area contributed by atoms with Gasteiger partial charge in [-0.1, -0.05) is 0 Å². The lowest BCUT2D eigenvalue weighted by molar-refractivity contribution is 1.09. The fraction of sp³-hybridized carbons (Fsp3) is 0.125. The molecule has 0 atom stereocenters. The predicted octanol–water partition coefficient (Wildman–Crippen LogP) is 5.06. The molecule has 0 fully saturated rings. The van der Waals surface area contributed by atoms with Gasteiger partial charge < -0.3 is 9.88 Å². The fourth-order valence-electron chi connectivity index (χ4n) is 3.87. The zero-order valence-corrected chi connectivity index (χ0v) is 19.1. The molecule has 0 unspecified atom stereocenters. The molecule has 162 valence electrons. The van der Waals surface area contributed by atoms with Gasteiger partial charge in [-0.3, -0.25) is 10.1 Å². The molecule has 8 nitrogen and oxygen atoms in total. The maximum absolute atomic E-state index is 4.89. The highest BCUT2D eigenvalue weighted by Gasteiger charge is 2.17. The lowest BCUT2D eigenvalue weighted by Gasteiger charge is -2.12. The molecular formula is C24H20N8S. The summed E-state index contributed by atoms with van der Waals surface area (Å²) in [5.41, 5.74) is 7.02. The SMILES string of the molecule is Cc1ccc(-c2ccnc3[nH]c(-c4n[nH]c5ncc(-c6cncc(N(C)C)c6)cc45)nc23)s1. The first-order valence-electron chi connectivity index (χ1n) is 10.5. The Kier molecular flexibility index (Phi) is 4.44. The van der Waals surface area contributed by atoms with Crippen LogP contribution in [0, 0.1) is 6.92 Å². The molecule has 0 amide bonds. The number of H-pyrrole nitrogens is 2. The van der Waals surface area contributed by atoms with Crippen molar-refractivity contribution in [3.05, 3.63) is 60.0 Å². The summed E-state index contributed by atoms with van der Waals surface area (Å²) in [5, 5.41) is 8.43. The van der Waals surface area contributed by atoms with Crippen molar-refractivity contribution in [3.8, 4) is 33.1 Å². The number of thiophene rings is 1. The van der Waals surface area contributed by atoms with Crippen LogP contribution in [-0.2, 0) is 0 Å². The molecule has 0 aliphatic carbocycles. The third-order valence-electron chi connectivity index (χ3n) is 5.60. The van der Waals surface area contributed by atoms with E-state index in [1.165, 1.54) is 9.75 Å². The number of fused-ring (bicyclic) bond motifs is 2. The summed E-state index contributed by atoms with van der Waals surface area (Å²) >= 11 is 1.74. The van der Waals surface area contributed by atoms with Crippen molar-refractivity contribution < 1.29 is 0 Å². The van der Waals surface area contributed by atoms with Crippen molar-refractivity contribution in [3.63, 3.8) is 0 Å². The van der Waals surface area contributed by atoms with Gasteiger partial charge in [0.25, 0.3) is 0 Å². The van der Waals surface area contributed by atoms with E-state index in [9.17, 15) is 0 Å². The van der Waals surface area contributed by atoms with Gasteiger partial charge >= 0.3 is 0 Å². The Balaban J connectivity index is 1.48. The van der Waals surface area contributed by atoms with Crippen molar-refractivity contribution in [2.75, 3.05) is 19.0 Å². The first-order chi connectivity index (χ1) is 16.1. The van der Waals surface area contributed by atoms with E-state index in [0.29, 0.717) is 17.2 Å². The number of aromatic nitrogens is 7. The summed E-state index contributed by atoms with van der Waals surface area (Å²) < 4.78 is 0. The van der Waals surface area contributed by atoms with Crippen LogP contribution in [0.15, 0.2) is 55.1 Å². The average molecular weight is 453 g/mol. The Morgan fingerprint density at radius 1 is 0.939 bits per heavy atom. The third kappa shape index (κ3) is 3.33. The molecule has 0 saturated heterocycles. The minimum absolute atomic E-state index is 0.656. The lowest BCUT2D eigenvalue weighted by Crippen LogP contribution is -2.08. The molecule has 0 aromatic carbocycles. The Morgan fingerprint density at radius 2 is 1.82 bits per heavy atom. The van der Waals surface area contributed by atoms with Crippen LogP contribution in [0.5, 0.6) is 0 Å². The Bertz CT molecular complexity index is 1620. The summed E-state index contributed by atoms with van der Waals surface area (Å²) in [6, 6.07) is 10.4. The van der Waals surface area contributed by atoms with Gasteiger partial charge in [0.2, 0.25) is 0 Å². The van der Waals surface area contributed by atoms with Crippen LogP contribution < -0.4 is 4.90 Å². The largest absolute Gasteiger partial charge is 0.376 e. The Hall–Kier alpha value is -4.11. The monoisotopic (exact) mass is 452 g/mol. The number of imidazole rings is 1. The summed E-state index contributed by atoms with van der Waals surface area (Å²) in [4.78, 5) is 26.2. The van der Waals surface area contributed by atoms with Crippen LogP contribution in [0.3, 0.4) is 0 Å². The molecule has 0 aliphatic rings. The van der Waals surface area contributed by atoms with Gasteiger partial charge in [0.1, 0.15) is 11.2 Å². The molecule has 0 bridgehead atoms. The zero-order chi connectivity index (χ0) is 22.5. The van der Waals surface area contributed by atoms with Crippen molar-refractivity contribution in [1.82, 2.24) is 35.1 Å². The van der Waals surface area contributed by atoms with Crippen LogP contribution in [0.25, 0.3) is 55.3 Å². The third-order valence-corrected chi connectivity index (χ3v) is 6.64. The van der Waals surface area contributed by atoms with Gasteiger partial charge in [-0.25, -0.2) is 15.0 Å². The van der Waals surface area contributed by atoms with Crippen LogP contribution >= 0.6 is 11.3 Å². The summed E-state index contributed by atoms with van der Waals surface area (Å²) in [6.45, 7) is 2.10. The van der Waals surface area contributed by atoms with Crippen LogP contribution in [-0.4, -0.2) is 49.2 Å². The van der Waals surface area contributed by atoms with E-state index in [4.69, 9.17) is 4.98 Å². The van der Waals surface area contributed by atoms with E-state index >= 15 is 0 Å². The van der Waals surface area contributed by atoms with Gasteiger partial charge in [-0.05, 0) is 37.3 Å². The Labute approximate surface area is 193 Å². The molecule has 33 heavy (non-hydrogen) atoms. The minimum Gasteiger partial charge on any atom is -0.376 e. The number of pyridine rings is 3. The molecule has 6 aromatic heterocycles. The van der Waals surface area contributed by atoms with E-state index in [-0.39, 0.29) is 0 Å². The number of aryl methyl sites for hydroxylation is 1. The van der Waals surface area contributed by atoms with Gasteiger partial charge in [0.15, 0.2) is 17.1 Å². The number of rotatable bonds is 4. The molecule has 0 radical (unpaired) electrons. The van der Waals surface area contributed by atoms with E-state index in [1.54, 1.807) is 11.3 Å². The standard InChI is InChI=1S/C24H20N8S/c1-13-4-5-19(33-13)17-6-7-26-23-20(17)28-24(29-23)21-18-9-15(11-27-22(18)31-30-21)14-8-16(32(2)3)12-25-10-14/h4-12H,1-3H3,(H,26,28,29)(H,27,30,31). The van der Waals surface area contributed by atoms with Gasteiger partial charge in [0, 0.05) is 59.1 Å². The number of hydrogen-bond acceptors (Lipinski definition) is 7. The van der Waals surface area contributed by atoms with Crippen molar-refractivity contribution in [2.45, 2.75) is 6.92 Å². The van der Waals surface area contributed by atoms with Crippen molar-refractivity contribution in [1.29, 1.82) is 0 Å². The summed E-state index contributed by atoms with van der Waals surface area (Å²) in [7, 11) is 4.00. The number of hydrogen-bond donors (Lipinski definition) is 2. The zero-order valence-electron chi connectivity index (χ0n) is 18.3. The van der Waals surface area contributed by atoms with Gasteiger partial charge in [-0.2, -0.15) is 5.10 Å². The van der Waals surface area contributed by atoms with Gasteiger partial charge in [-0.15, -0.1) is 11.3 Å². The normalized spacial score (nSPS) is 11.5.